The van der Waals surface area contributed by atoms with Crippen molar-refractivity contribution in [2.45, 2.75) is 35.5 Å². The fourth-order valence-electron chi connectivity index (χ4n) is 1.13. The molecule has 0 unspecified atom stereocenters. The van der Waals surface area contributed by atoms with Crippen molar-refractivity contribution in [1.82, 2.24) is 0 Å². The van der Waals surface area contributed by atoms with Crippen molar-refractivity contribution in [2.24, 2.45) is 0 Å². The summed E-state index contributed by atoms with van der Waals surface area (Å²) in [4.78, 5) is 0. The van der Waals surface area contributed by atoms with Gasteiger partial charge in [0.05, 0.1) is 6.61 Å². The molecule has 1 atom stereocenters. The Morgan fingerprint density at radius 3 is 1.92 bits per heavy atom. The van der Waals surface area contributed by atoms with Crippen molar-refractivity contribution in [3.05, 3.63) is 0 Å². The predicted octanol–water partition coefficient (Wildman–Crippen LogP) is 2.92. The Morgan fingerprint density at radius 2 is 1.83 bits per heavy atom. The first-order valence-electron chi connectivity index (χ1n) is 3.56. The van der Waals surface area contributed by atoms with Crippen LogP contribution in [-0.2, 0) is 4.74 Å². The fraction of sp³-hybridized carbons (Fsp3) is 1.00. The van der Waals surface area contributed by atoms with Gasteiger partial charge >= 0.3 is 6.18 Å². The lowest BCUT2D eigenvalue weighted by Gasteiger charge is -2.23. The molecule has 1 heterocycles. The third kappa shape index (κ3) is 2.25. The summed E-state index contributed by atoms with van der Waals surface area (Å²) >= 11 is 2.00. The number of halogens is 4. The van der Waals surface area contributed by atoms with Crippen LogP contribution in [0.2, 0.25) is 0 Å². The average Bonchev–Trinajstić information content (AvgIpc) is 2.39. The molecular formula is C7H10F3IO. The van der Waals surface area contributed by atoms with Gasteiger partial charge in [0, 0.05) is 9.84 Å². The van der Waals surface area contributed by atoms with Gasteiger partial charge in [-0.15, -0.1) is 0 Å². The van der Waals surface area contributed by atoms with Crippen LogP contribution in [0, 0.1) is 0 Å². The lowest BCUT2D eigenvalue weighted by Crippen LogP contribution is -2.37. The first-order valence-corrected chi connectivity index (χ1v) is 4.64. The van der Waals surface area contributed by atoms with Crippen LogP contribution in [0.4, 0.5) is 13.2 Å². The second-order valence-electron chi connectivity index (χ2n) is 3.68. The lowest BCUT2D eigenvalue weighted by atomic mass is 9.97. The van der Waals surface area contributed by atoms with Crippen LogP contribution in [-0.4, -0.2) is 21.8 Å². The molecule has 1 rings (SSSR count). The maximum atomic E-state index is 12.3. The molecule has 0 radical (unpaired) electrons. The van der Waals surface area contributed by atoms with Crippen LogP contribution in [0.25, 0.3) is 0 Å². The summed E-state index contributed by atoms with van der Waals surface area (Å²) in [5, 5.41) is 0. The Labute approximate surface area is 82.8 Å². The molecular weight excluding hydrogens is 284 g/mol. The maximum Gasteiger partial charge on any atom is 0.419 e. The van der Waals surface area contributed by atoms with Gasteiger partial charge in [0.1, 0.15) is 0 Å². The average molecular weight is 294 g/mol. The Hall–Kier alpha value is 0.480. The molecule has 0 amide bonds. The van der Waals surface area contributed by atoms with E-state index in [0.29, 0.717) is 0 Å². The van der Waals surface area contributed by atoms with Gasteiger partial charge in [-0.05, 0) is 0 Å². The highest BCUT2D eigenvalue weighted by atomic mass is 127. The zero-order valence-corrected chi connectivity index (χ0v) is 8.99. The summed E-state index contributed by atoms with van der Waals surface area (Å²) in [5.41, 5.74) is -1.84. The molecule has 1 aliphatic rings. The third-order valence-corrected chi connectivity index (χ3v) is 2.10. The quantitative estimate of drug-likeness (QED) is 0.433. The molecule has 0 aromatic rings. The van der Waals surface area contributed by atoms with Crippen LogP contribution in [0.5, 0.6) is 0 Å². The van der Waals surface area contributed by atoms with Crippen LogP contribution >= 0.6 is 22.6 Å². The molecule has 5 heteroatoms. The van der Waals surface area contributed by atoms with Crippen LogP contribution in [0.1, 0.15) is 20.3 Å². The van der Waals surface area contributed by atoms with Crippen molar-refractivity contribution in [1.29, 1.82) is 0 Å². The summed E-state index contributed by atoms with van der Waals surface area (Å²) in [7, 11) is 0. The van der Waals surface area contributed by atoms with E-state index in [9.17, 15) is 13.2 Å². The smallest absolute Gasteiger partial charge is 0.360 e. The van der Waals surface area contributed by atoms with Gasteiger partial charge < -0.3 is 4.74 Å². The minimum Gasteiger partial charge on any atom is -0.360 e. The molecule has 72 valence electrons. The highest BCUT2D eigenvalue weighted by Crippen LogP contribution is 2.50. The van der Waals surface area contributed by atoms with Crippen LogP contribution < -0.4 is 0 Å². The fourth-order valence-corrected chi connectivity index (χ4v) is 1.75. The van der Waals surface area contributed by atoms with Gasteiger partial charge in [-0.25, -0.2) is 0 Å². The zero-order valence-electron chi connectivity index (χ0n) is 6.83. The Bertz CT molecular complexity index is 178. The van der Waals surface area contributed by atoms with Gasteiger partial charge in [-0.2, -0.15) is 13.2 Å². The van der Waals surface area contributed by atoms with Gasteiger partial charge in [-0.3, -0.25) is 0 Å². The van der Waals surface area contributed by atoms with Crippen molar-refractivity contribution >= 4 is 22.6 Å². The summed E-state index contributed by atoms with van der Waals surface area (Å²) < 4.78 is 41.0. The lowest BCUT2D eigenvalue weighted by molar-refractivity contribution is -0.186. The number of hydrogen-bond donors (Lipinski definition) is 0. The second kappa shape index (κ2) is 2.73. The molecule has 1 nitrogen and oxygen atoms in total. The van der Waals surface area contributed by atoms with E-state index >= 15 is 0 Å². The van der Waals surface area contributed by atoms with Gasteiger partial charge in [0.25, 0.3) is 0 Å². The zero-order chi connectivity index (χ0) is 9.62. The standard InChI is InChI=1S/C7H10F3IO/c1-5(2,11)3-6(4-12-6)7(8,9)10/h3-4H2,1-2H3/t6-/m1/s1. The van der Waals surface area contributed by atoms with Crippen molar-refractivity contribution < 1.29 is 17.9 Å². The van der Waals surface area contributed by atoms with E-state index in [-0.39, 0.29) is 16.4 Å². The minimum atomic E-state index is -4.21. The highest BCUT2D eigenvalue weighted by molar-refractivity contribution is 14.1. The monoisotopic (exact) mass is 294 g/mol. The van der Waals surface area contributed by atoms with Crippen LogP contribution in [0.15, 0.2) is 0 Å². The molecule has 0 aromatic heterocycles. The van der Waals surface area contributed by atoms with Crippen molar-refractivity contribution in [2.75, 3.05) is 6.61 Å². The SMILES string of the molecule is CC(C)(I)C[C@]1(C(F)(F)F)CO1. The maximum absolute atomic E-state index is 12.3. The first-order chi connectivity index (χ1) is 5.16. The molecule has 0 spiro atoms. The Morgan fingerprint density at radius 1 is 1.42 bits per heavy atom. The minimum absolute atomic E-state index is 0.0318. The van der Waals surface area contributed by atoms with E-state index in [1.54, 1.807) is 13.8 Å². The largest absolute Gasteiger partial charge is 0.419 e. The van der Waals surface area contributed by atoms with Crippen molar-refractivity contribution in [3.63, 3.8) is 0 Å². The highest BCUT2D eigenvalue weighted by Gasteiger charge is 2.66. The molecule has 12 heavy (non-hydrogen) atoms. The number of rotatable bonds is 2. The number of ether oxygens (including phenoxy) is 1. The van der Waals surface area contributed by atoms with E-state index in [1.807, 2.05) is 22.6 Å². The Balaban J connectivity index is 2.63. The van der Waals surface area contributed by atoms with E-state index in [4.69, 9.17) is 0 Å². The summed E-state index contributed by atoms with van der Waals surface area (Å²) in [6.07, 6.45) is -4.18. The summed E-state index contributed by atoms with van der Waals surface area (Å²) in [5.74, 6) is 0. The number of alkyl halides is 4. The summed E-state index contributed by atoms with van der Waals surface area (Å²) in [6.45, 7) is 3.36. The van der Waals surface area contributed by atoms with Gasteiger partial charge in [0.15, 0.2) is 5.60 Å². The van der Waals surface area contributed by atoms with Crippen molar-refractivity contribution in [3.8, 4) is 0 Å². The third-order valence-electron chi connectivity index (χ3n) is 1.72. The normalized spacial score (nSPS) is 30.5. The first kappa shape index (κ1) is 10.6. The topological polar surface area (TPSA) is 12.5 Å². The van der Waals surface area contributed by atoms with Gasteiger partial charge in [-0.1, -0.05) is 36.4 Å². The molecule has 0 N–H and O–H groups in total. The molecule has 0 aliphatic carbocycles. The Kier molecular flexibility index (Phi) is 2.40. The molecule has 0 aromatic carbocycles. The van der Waals surface area contributed by atoms with E-state index in [2.05, 4.69) is 4.74 Å². The van der Waals surface area contributed by atoms with Crippen LogP contribution in [0.3, 0.4) is 0 Å². The summed E-state index contributed by atoms with van der Waals surface area (Å²) in [6, 6.07) is 0. The molecule has 1 saturated heterocycles. The molecule has 0 bridgehead atoms. The predicted molar refractivity (Wildman–Crippen MR) is 47.5 cm³/mol. The van der Waals surface area contributed by atoms with E-state index < -0.39 is 11.8 Å². The number of hydrogen-bond acceptors (Lipinski definition) is 1. The molecule has 0 saturated carbocycles. The van der Waals surface area contributed by atoms with E-state index in [0.717, 1.165) is 0 Å². The van der Waals surface area contributed by atoms with Gasteiger partial charge in [0.2, 0.25) is 0 Å². The molecule has 1 fully saturated rings. The van der Waals surface area contributed by atoms with E-state index in [1.165, 1.54) is 0 Å². The second-order valence-corrected chi connectivity index (χ2v) is 6.60. The molecule has 1 aliphatic heterocycles. The number of epoxide rings is 1.